The van der Waals surface area contributed by atoms with Crippen molar-refractivity contribution in [2.24, 2.45) is 0 Å². The Morgan fingerprint density at radius 3 is 2.70 bits per heavy atom. The lowest BCUT2D eigenvalue weighted by atomic mass is 10.1. The summed E-state index contributed by atoms with van der Waals surface area (Å²) in [6, 6.07) is 15.2. The number of carbonyl (C=O) groups excluding carboxylic acids is 1. The smallest absolute Gasteiger partial charge is 0.237 e. The van der Waals surface area contributed by atoms with E-state index in [1.54, 1.807) is 18.2 Å². The molecule has 27 heavy (non-hydrogen) atoms. The minimum Gasteiger partial charge on any atom is -0.325 e. The van der Waals surface area contributed by atoms with Crippen LogP contribution in [0.4, 0.5) is 5.69 Å². The second kappa shape index (κ2) is 8.59. The van der Waals surface area contributed by atoms with Crippen molar-refractivity contribution < 1.29 is 4.79 Å². The Kier molecular flexibility index (Phi) is 6.19. The Bertz CT molecular complexity index is 957. The minimum atomic E-state index is -0.330. The number of hydrogen-bond acceptors (Lipinski definition) is 4. The molecular formula is C20H21ClN4OS. The number of anilines is 1. The molecule has 0 aliphatic carbocycles. The summed E-state index contributed by atoms with van der Waals surface area (Å²) in [6.07, 6.45) is 0. The molecule has 0 radical (unpaired) electrons. The number of hydrogen-bond donors (Lipinski definition) is 1. The van der Waals surface area contributed by atoms with Gasteiger partial charge in [-0.3, -0.25) is 4.79 Å². The van der Waals surface area contributed by atoms with Crippen LogP contribution in [0, 0.1) is 6.92 Å². The van der Waals surface area contributed by atoms with Crippen molar-refractivity contribution in [1.82, 2.24) is 14.8 Å². The van der Waals surface area contributed by atoms with E-state index in [1.807, 2.05) is 42.7 Å². The predicted molar refractivity (Wildman–Crippen MR) is 111 cm³/mol. The number of benzene rings is 2. The summed E-state index contributed by atoms with van der Waals surface area (Å²) >= 11 is 7.36. The quantitative estimate of drug-likeness (QED) is 0.588. The number of rotatable bonds is 6. The summed E-state index contributed by atoms with van der Waals surface area (Å²) in [6.45, 7) is 6.68. The molecule has 0 aliphatic heterocycles. The van der Waals surface area contributed by atoms with Gasteiger partial charge in [-0.25, -0.2) is 0 Å². The fraction of sp³-hybridized carbons (Fsp3) is 0.250. The molecule has 0 saturated heterocycles. The van der Waals surface area contributed by atoms with Crippen molar-refractivity contribution in [3.63, 3.8) is 0 Å². The summed E-state index contributed by atoms with van der Waals surface area (Å²) in [5, 5.41) is 12.6. The van der Waals surface area contributed by atoms with E-state index in [4.69, 9.17) is 11.6 Å². The Morgan fingerprint density at radius 1 is 1.22 bits per heavy atom. The molecule has 0 aliphatic rings. The third-order valence-corrected chi connectivity index (χ3v) is 5.48. The van der Waals surface area contributed by atoms with Gasteiger partial charge in [0, 0.05) is 22.8 Å². The first-order valence-electron chi connectivity index (χ1n) is 8.72. The highest BCUT2D eigenvalue weighted by atomic mass is 35.5. The van der Waals surface area contributed by atoms with Gasteiger partial charge >= 0.3 is 0 Å². The van der Waals surface area contributed by atoms with E-state index >= 15 is 0 Å². The summed E-state index contributed by atoms with van der Waals surface area (Å²) in [5.74, 6) is 0.714. The van der Waals surface area contributed by atoms with Gasteiger partial charge in [-0.15, -0.1) is 10.2 Å². The van der Waals surface area contributed by atoms with Gasteiger partial charge < -0.3 is 9.88 Å². The minimum absolute atomic E-state index is 0.106. The first-order chi connectivity index (χ1) is 13.0. The van der Waals surface area contributed by atoms with E-state index < -0.39 is 0 Å². The van der Waals surface area contributed by atoms with Crippen LogP contribution in [-0.4, -0.2) is 25.9 Å². The Balaban J connectivity index is 1.77. The lowest BCUT2D eigenvalue weighted by Gasteiger charge is -2.13. The first kappa shape index (κ1) is 19.5. The van der Waals surface area contributed by atoms with E-state index in [0.717, 1.165) is 28.7 Å². The van der Waals surface area contributed by atoms with Crippen LogP contribution < -0.4 is 5.32 Å². The van der Waals surface area contributed by atoms with Gasteiger partial charge in [-0.1, -0.05) is 53.7 Å². The maximum absolute atomic E-state index is 12.5. The first-order valence-corrected chi connectivity index (χ1v) is 9.97. The zero-order valence-electron chi connectivity index (χ0n) is 15.4. The molecule has 1 N–H and O–H groups in total. The number of halogens is 1. The van der Waals surface area contributed by atoms with Crippen molar-refractivity contribution in [2.45, 2.75) is 37.7 Å². The highest BCUT2D eigenvalue weighted by Gasteiger charge is 2.21. The lowest BCUT2D eigenvalue weighted by Crippen LogP contribution is -2.22. The molecule has 1 heterocycles. The number of aryl methyl sites for hydroxylation is 1. The van der Waals surface area contributed by atoms with E-state index in [1.165, 1.54) is 11.8 Å². The molecule has 0 spiro atoms. The van der Waals surface area contributed by atoms with E-state index in [-0.39, 0.29) is 11.2 Å². The van der Waals surface area contributed by atoms with Gasteiger partial charge in [0.25, 0.3) is 0 Å². The van der Waals surface area contributed by atoms with Gasteiger partial charge in [0.05, 0.1) is 5.25 Å². The number of nitrogens with one attached hydrogen (secondary N) is 1. The Morgan fingerprint density at radius 2 is 2.00 bits per heavy atom. The predicted octanol–water partition coefficient (Wildman–Crippen LogP) is 5.05. The normalized spacial score (nSPS) is 12.0. The summed E-state index contributed by atoms with van der Waals surface area (Å²) in [7, 11) is 0. The molecule has 3 rings (SSSR count). The van der Waals surface area contributed by atoms with Gasteiger partial charge in [-0.2, -0.15) is 0 Å². The van der Waals surface area contributed by atoms with Crippen molar-refractivity contribution in [1.29, 1.82) is 0 Å². The van der Waals surface area contributed by atoms with Crippen molar-refractivity contribution in [3.8, 4) is 11.4 Å². The highest BCUT2D eigenvalue weighted by Crippen LogP contribution is 2.29. The Hall–Kier alpha value is -2.31. The summed E-state index contributed by atoms with van der Waals surface area (Å²) < 4.78 is 2.04. The average Bonchev–Trinajstić information content (AvgIpc) is 3.04. The van der Waals surface area contributed by atoms with Crippen LogP contribution in [0.3, 0.4) is 0 Å². The molecule has 0 fully saturated rings. The van der Waals surface area contributed by atoms with Crippen molar-refractivity contribution >= 4 is 35.0 Å². The molecule has 0 saturated carbocycles. The van der Waals surface area contributed by atoms with Gasteiger partial charge in [-0.05, 0) is 44.5 Å². The molecule has 0 unspecified atom stereocenters. The molecule has 140 valence electrons. The number of carbonyl (C=O) groups is 1. The van der Waals surface area contributed by atoms with Crippen LogP contribution in [0.1, 0.15) is 19.4 Å². The summed E-state index contributed by atoms with van der Waals surface area (Å²) in [4.78, 5) is 12.5. The number of amides is 1. The van der Waals surface area contributed by atoms with E-state index in [9.17, 15) is 4.79 Å². The molecule has 7 heteroatoms. The molecule has 1 amide bonds. The zero-order valence-corrected chi connectivity index (χ0v) is 17.0. The third-order valence-electron chi connectivity index (χ3n) is 4.16. The SMILES string of the molecule is CCn1c(S[C@H](C)C(=O)Nc2cccc(Cl)c2)nnc1-c1ccccc1C. The number of thioether (sulfide) groups is 1. The largest absolute Gasteiger partial charge is 0.325 e. The average molecular weight is 401 g/mol. The molecular weight excluding hydrogens is 380 g/mol. The second-order valence-electron chi connectivity index (χ2n) is 6.13. The molecule has 0 bridgehead atoms. The van der Waals surface area contributed by atoms with Crippen molar-refractivity contribution in [2.75, 3.05) is 5.32 Å². The molecule has 1 aromatic heterocycles. The monoisotopic (exact) mass is 400 g/mol. The van der Waals surface area contributed by atoms with Gasteiger partial charge in [0.2, 0.25) is 5.91 Å². The highest BCUT2D eigenvalue weighted by molar-refractivity contribution is 8.00. The van der Waals surface area contributed by atoms with Crippen molar-refractivity contribution in [3.05, 3.63) is 59.1 Å². The van der Waals surface area contributed by atoms with Gasteiger partial charge in [0.15, 0.2) is 11.0 Å². The third kappa shape index (κ3) is 4.51. The Labute approximate surface area is 168 Å². The van der Waals surface area contributed by atoms with E-state index in [0.29, 0.717) is 10.7 Å². The molecule has 1 atom stereocenters. The zero-order chi connectivity index (χ0) is 19.4. The molecule has 3 aromatic rings. The van der Waals surface area contributed by atoms with Crippen LogP contribution in [0.5, 0.6) is 0 Å². The fourth-order valence-corrected chi connectivity index (χ4v) is 3.81. The molecule has 2 aromatic carbocycles. The standard InChI is InChI=1S/C20H21ClN4OS/c1-4-25-18(17-11-6-5-8-13(17)2)23-24-20(25)27-14(3)19(26)22-16-10-7-9-15(21)12-16/h5-12,14H,4H2,1-3H3,(H,22,26)/t14-/m1/s1. The van der Waals surface area contributed by atoms with Crippen LogP contribution in [0.15, 0.2) is 53.7 Å². The van der Waals surface area contributed by atoms with E-state index in [2.05, 4.69) is 28.5 Å². The van der Waals surface area contributed by atoms with Crippen LogP contribution in [0.2, 0.25) is 5.02 Å². The fourth-order valence-electron chi connectivity index (χ4n) is 2.71. The lowest BCUT2D eigenvalue weighted by molar-refractivity contribution is -0.115. The number of nitrogens with zero attached hydrogens (tertiary/aromatic N) is 3. The van der Waals surface area contributed by atoms with Crippen LogP contribution >= 0.6 is 23.4 Å². The van der Waals surface area contributed by atoms with Crippen LogP contribution in [0.25, 0.3) is 11.4 Å². The maximum atomic E-state index is 12.5. The topological polar surface area (TPSA) is 59.8 Å². The number of aromatic nitrogens is 3. The second-order valence-corrected chi connectivity index (χ2v) is 7.87. The van der Waals surface area contributed by atoms with Gasteiger partial charge in [0.1, 0.15) is 0 Å². The maximum Gasteiger partial charge on any atom is 0.237 e. The van der Waals surface area contributed by atoms with Crippen LogP contribution in [-0.2, 0) is 11.3 Å². The summed E-state index contributed by atoms with van der Waals surface area (Å²) in [5.41, 5.74) is 2.87. The molecule has 5 nitrogen and oxygen atoms in total.